The number of nitrogens with zero attached hydrogens (tertiary/aromatic N) is 2. The summed E-state index contributed by atoms with van der Waals surface area (Å²) in [5, 5.41) is 7.12. The summed E-state index contributed by atoms with van der Waals surface area (Å²) < 4.78 is 53.6. The minimum atomic E-state index is -3.78. The van der Waals surface area contributed by atoms with Gasteiger partial charge in [0.05, 0.1) is 12.0 Å². The van der Waals surface area contributed by atoms with Gasteiger partial charge in [-0.1, -0.05) is 28.8 Å². The number of halogens is 1. The van der Waals surface area contributed by atoms with Gasteiger partial charge in [0.25, 0.3) is 0 Å². The van der Waals surface area contributed by atoms with Crippen molar-refractivity contribution >= 4 is 31.5 Å². The summed E-state index contributed by atoms with van der Waals surface area (Å²) in [5.74, 6) is -0.260. The van der Waals surface area contributed by atoms with Crippen LogP contribution in [0, 0.1) is 0 Å². The van der Waals surface area contributed by atoms with E-state index in [2.05, 4.69) is 14.9 Å². The van der Waals surface area contributed by atoms with E-state index in [4.69, 9.17) is 16.0 Å². The van der Waals surface area contributed by atoms with Crippen LogP contribution < -0.4 is 4.72 Å². The topological polar surface area (TPSA) is 119 Å². The number of hydrogen-bond acceptors (Lipinski definition) is 7. The fourth-order valence-corrected chi connectivity index (χ4v) is 3.41. The minimum Gasteiger partial charge on any atom is -0.412 e. The number of hydrogen-bond donors (Lipinski definition) is 1. The van der Waals surface area contributed by atoms with E-state index in [1.807, 2.05) is 0 Å². The van der Waals surface area contributed by atoms with E-state index in [-0.39, 0.29) is 24.6 Å². The highest BCUT2D eigenvalue weighted by atomic mass is 35.5. The number of nitrogens with one attached hydrogen (secondary N) is 1. The Bertz CT molecular complexity index is 876. The van der Waals surface area contributed by atoms with Crippen LogP contribution in [0.15, 0.2) is 33.9 Å². The van der Waals surface area contributed by atoms with Crippen LogP contribution in [0.5, 0.6) is 0 Å². The molecule has 1 N–H and O–H groups in total. The van der Waals surface area contributed by atoms with Crippen molar-refractivity contribution in [2.24, 2.45) is 0 Å². The van der Waals surface area contributed by atoms with Crippen molar-refractivity contribution in [1.82, 2.24) is 14.9 Å². The molecule has 1 heterocycles. The van der Waals surface area contributed by atoms with Crippen molar-refractivity contribution in [1.29, 1.82) is 0 Å². The molecule has 8 nitrogen and oxygen atoms in total. The van der Waals surface area contributed by atoms with Crippen molar-refractivity contribution in [2.75, 3.05) is 12.8 Å². The van der Waals surface area contributed by atoms with Gasteiger partial charge in [-0.15, -0.1) is 5.10 Å². The fourth-order valence-electron chi connectivity index (χ4n) is 1.67. The third-order valence-corrected chi connectivity index (χ3v) is 5.08. The fraction of sp³-hybridized carbons (Fsp3) is 0.333. The van der Waals surface area contributed by atoms with Crippen molar-refractivity contribution in [3.8, 4) is 0 Å². The highest BCUT2D eigenvalue weighted by Gasteiger charge is 2.23. The average molecular weight is 380 g/mol. The van der Waals surface area contributed by atoms with Crippen molar-refractivity contribution in [3.63, 3.8) is 0 Å². The molecule has 1 aromatic carbocycles. The third kappa shape index (κ3) is 5.57. The SMILES string of the molecule is CS(=O)(=O)NCCc1nnc(S(=O)(=O)Cc2ccc(Cl)cc2)o1. The van der Waals surface area contributed by atoms with Crippen molar-refractivity contribution in [2.45, 2.75) is 17.4 Å². The Kier molecular flexibility index (Phi) is 5.40. The molecule has 0 unspecified atom stereocenters. The van der Waals surface area contributed by atoms with Crippen LogP contribution in [0.1, 0.15) is 11.5 Å². The lowest BCUT2D eigenvalue weighted by atomic mass is 10.2. The molecule has 0 saturated heterocycles. The van der Waals surface area contributed by atoms with E-state index in [1.165, 1.54) is 0 Å². The lowest BCUT2D eigenvalue weighted by Gasteiger charge is -2.00. The van der Waals surface area contributed by atoms with Gasteiger partial charge in [-0.25, -0.2) is 21.6 Å². The van der Waals surface area contributed by atoms with E-state index in [0.717, 1.165) is 6.26 Å². The number of sulfonamides is 1. The van der Waals surface area contributed by atoms with Gasteiger partial charge in [0.15, 0.2) is 0 Å². The maximum atomic E-state index is 12.2. The van der Waals surface area contributed by atoms with Gasteiger partial charge in [-0.05, 0) is 17.7 Å². The zero-order valence-electron chi connectivity index (χ0n) is 12.1. The number of aromatic nitrogens is 2. The zero-order valence-corrected chi connectivity index (χ0v) is 14.4. The lowest BCUT2D eigenvalue weighted by molar-refractivity contribution is 0.396. The summed E-state index contributed by atoms with van der Waals surface area (Å²) in [6, 6.07) is 6.35. The predicted octanol–water partition coefficient (Wildman–Crippen LogP) is 0.789. The first-order valence-electron chi connectivity index (χ1n) is 6.40. The Labute approximate surface area is 138 Å². The molecule has 2 aromatic rings. The Morgan fingerprint density at radius 3 is 2.39 bits per heavy atom. The van der Waals surface area contributed by atoms with Crippen LogP contribution in [0.2, 0.25) is 5.02 Å². The normalized spacial score (nSPS) is 12.4. The largest absolute Gasteiger partial charge is 0.412 e. The van der Waals surface area contributed by atoms with E-state index >= 15 is 0 Å². The second-order valence-corrected chi connectivity index (χ2v) is 8.90. The second kappa shape index (κ2) is 6.95. The molecule has 0 aliphatic rings. The van der Waals surface area contributed by atoms with Gasteiger partial charge < -0.3 is 4.42 Å². The summed E-state index contributed by atoms with van der Waals surface area (Å²) in [7, 11) is -7.11. The van der Waals surface area contributed by atoms with Crippen LogP contribution in [0.4, 0.5) is 0 Å². The molecular formula is C12H14ClN3O5S2. The van der Waals surface area contributed by atoms with Gasteiger partial charge in [-0.3, -0.25) is 0 Å². The van der Waals surface area contributed by atoms with Crippen molar-refractivity contribution in [3.05, 3.63) is 40.7 Å². The van der Waals surface area contributed by atoms with E-state index in [0.29, 0.717) is 10.6 Å². The average Bonchev–Trinajstić information content (AvgIpc) is 2.89. The van der Waals surface area contributed by atoms with Gasteiger partial charge in [0, 0.05) is 18.0 Å². The molecule has 0 bridgehead atoms. The Hall–Kier alpha value is -1.49. The highest BCUT2D eigenvalue weighted by molar-refractivity contribution is 7.90. The van der Waals surface area contributed by atoms with Gasteiger partial charge >= 0.3 is 5.22 Å². The maximum Gasteiger partial charge on any atom is 0.335 e. The molecule has 0 amide bonds. The molecule has 0 atom stereocenters. The summed E-state index contributed by atoms with van der Waals surface area (Å²) in [6.45, 7) is 0.0394. The van der Waals surface area contributed by atoms with Crippen LogP contribution in [-0.2, 0) is 32.0 Å². The molecule has 0 radical (unpaired) electrons. The standard InChI is InChI=1S/C12H14ClN3O5S2/c1-22(17,18)14-7-6-11-15-16-12(21-11)23(19,20)8-9-2-4-10(13)5-3-9/h2-5,14H,6-8H2,1H3. The molecule has 2 rings (SSSR count). The molecule has 0 saturated carbocycles. The first-order valence-corrected chi connectivity index (χ1v) is 10.3. The zero-order chi connectivity index (χ0) is 17.1. The summed E-state index contributed by atoms with van der Waals surface area (Å²) in [5.41, 5.74) is 0.535. The second-order valence-electron chi connectivity index (χ2n) is 4.76. The number of rotatable bonds is 7. The summed E-state index contributed by atoms with van der Waals surface area (Å²) in [6.07, 6.45) is 1.11. The minimum absolute atomic E-state index is 0.0378. The van der Waals surface area contributed by atoms with Crippen molar-refractivity contribution < 1.29 is 21.3 Å². The Morgan fingerprint density at radius 1 is 1.13 bits per heavy atom. The third-order valence-electron chi connectivity index (χ3n) is 2.69. The maximum absolute atomic E-state index is 12.2. The lowest BCUT2D eigenvalue weighted by Crippen LogP contribution is -2.24. The molecule has 126 valence electrons. The molecular weight excluding hydrogens is 366 g/mol. The van der Waals surface area contributed by atoms with Gasteiger partial charge in [-0.2, -0.15) is 0 Å². The first-order chi connectivity index (χ1) is 10.7. The molecule has 0 spiro atoms. The smallest absolute Gasteiger partial charge is 0.335 e. The highest BCUT2D eigenvalue weighted by Crippen LogP contribution is 2.17. The molecule has 0 aliphatic heterocycles. The summed E-state index contributed by atoms with van der Waals surface area (Å²) in [4.78, 5) is 0. The van der Waals surface area contributed by atoms with Crippen LogP contribution in [-0.4, -0.2) is 39.8 Å². The number of benzene rings is 1. The van der Waals surface area contributed by atoms with Gasteiger partial charge in [0.2, 0.25) is 25.8 Å². The summed E-state index contributed by atoms with van der Waals surface area (Å²) >= 11 is 5.74. The quantitative estimate of drug-likeness (QED) is 0.755. The van der Waals surface area contributed by atoms with Gasteiger partial charge in [0.1, 0.15) is 0 Å². The molecule has 0 fully saturated rings. The van der Waals surface area contributed by atoms with Crippen LogP contribution in [0.25, 0.3) is 0 Å². The molecule has 23 heavy (non-hydrogen) atoms. The van der Waals surface area contributed by atoms with Crippen LogP contribution in [0.3, 0.4) is 0 Å². The van der Waals surface area contributed by atoms with E-state index in [9.17, 15) is 16.8 Å². The Morgan fingerprint density at radius 2 is 1.78 bits per heavy atom. The first kappa shape index (κ1) is 17.9. The molecule has 1 aromatic heterocycles. The Balaban J connectivity index is 2.04. The molecule has 0 aliphatic carbocycles. The monoisotopic (exact) mass is 379 g/mol. The predicted molar refractivity (Wildman–Crippen MR) is 83.2 cm³/mol. The molecule has 11 heteroatoms. The number of sulfone groups is 1. The van der Waals surface area contributed by atoms with Crippen LogP contribution >= 0.6 is 11.6 Å². The van der Waals surface area contributed by atoms with E-state index < -0.39 is 25.1 Å². The van der Waals surface area contributed by atoms with E-state index in [1.54, 1.807) is 24.3 Å².